The lowest BCUT2D eigenvalue weighted by Gasteiger charge is -2.26. The van der Waals surface area contributed by atoms with E-state index in [9.17, 15) is 26.4 Å². The third kappa shape index (κ3) is 3.40. The minimum absolute atomic E-state index is 0.00601. The van der Waals surface area contributed by atoms with Crippen LogP contribution in [-0.4, -0.2) is 57.0 Å². The van der Waals surface area contributed by atoms with E-state index in [4.69, 9.17) is 0 Å². The largest absolute Gasteiger partial charge is 0.274 e. The maximum atomic E-state index is 12.9. The minimum Gasteiger partial charge on any atom is -0.274 e. The van der Waals surface area contributed by atoms with Crippen LogP contribution in [0.3, 0.4) is 0 Å². The number of nitrogens with zero attached hydrogens (tertiary/aromatic N) is 2. The molecule has 26 heavy (non-hydrogen) atoms. The van der Waals surface area contributed by atoms with Crippen LogP contribution in [0.25, 0.3) is 0 Å². The fraction of sp³-hybridized carbons (Fsp3) is 0.500. The molecule has 1 aromatic rings. The maximum Gasteiger partial charge on any atom is 0.243 e. The first-order valence-corrected chi connectivity index (χ1v) is 11.6. The molecule has 142 valence electrons. The molecule has 2 fully saturated rings. The topological polar surface area (TPSA) is 109 Å². The molecular weight excluding hydrogens is 380 g/mol. The second-order valence-electron chi connectivity index (χ2n) is 6.38. The van der Waals surface area contributed by atoms with Gasteiger partial charge in [-0.25, -0.2) is 16.8 Å². The molecule has 0 N–H and O–H groups in total. The van der Waals surface area contributed by atoms with Crippen LogP contribution in [-0.2, 0) is 29.4 Å². The number of rotatable bonds is 5. The molecule has 0 aliphatic carbocycles. The Hall–Kier alpha value is -1.78. The van der Waals surface area contributed by atoms with Crippen molar-refractivity contribution < 1.29 is 26.4 Å². The fourth-order valence-electron chi connectivity index (χ4n) is 3.39. The Morgan fingerprint density at radius 1 is 1.12 bits per heavy atom. The van der Waals surface area contributed by atoms with E-state index in [1.54, 1.807) is 6.92 Å². The van der Waals surface area contributed by atoms with E-state index in [1.165, 1.54) is 28.6 Å². The SMILES string of the molecule is CCN(C1CCS(=O)(=O)C1)S(=O)(=O)c1ccc(N2C(=O)CCC2=O)cc1. The summed E-state index contributed by atoms with van der Waals surface area (Å²) < 4.78 is 50.4. The lowest BCUT2D eigenvalue weighted by molar-refractivity contribution is -0.121. The second kappa shape index (κ2) is 6.75. The molecule has 2 saturated heterocycles. The highest BCUT2D eigenvalue weighted by Crippen LogP contribution is 2.28. The van der Waals surface area contributed by atoms with E-state index < -0.39 is 25.9 Å². The molecular formula is C16H20N2O6S2. The molecule has 3 rings (SSSR count). The van der Waals surface area contributed by atoms with E-state index in [0.717, 1.165) is 4.90 Å². The summed E-state index contributed by atoms with van der Waals surface area (Å²) >= 11 is 0. The Balaban J connectivity index is 1.87. The standard InChI is InChI=1S/C16H20N2O6S2/c1-2-17(13-9-10-25(21,22)11-13)26(23,24)14-5-3-12(4-6-14)18-15(19)7-8-16(18)20/h3-6,13H,2,7-11H2,1H3. The second-order valence-corrected chi connectivity index (χ2v) is 10.5. The Kier molecular flexibility index (Phi) is 4.93. The molecule has 1 atom stereocenters. The molecule has 8 nitrogen and oxygen atoms in total. The number of carbonyl (C=O) groups excluding carboxylic acids is 2. The lowest BCUT2D eigenvalue weighted by Crippen LogP contribution is -2.40. The highest BCUT2D eigenvalue weighted by Gasteiger charge is 2.38. The predicted octanol–water partition coefficient (Wildman–Crippen LogP) is 0.538. The third-order valence-corrected chi connectivity index (χ3v) is 8.47. The minimum atomic E-state index is -3.87. The summed E-state index contributed by atoms with van der Waals surface area (Å²) in [6.45, 7) is 1.83. The van der Waals surface area contributed by atoms with Gasteiger partial charge < -0.3 is 0 Å². The zero-order chi connectivity index (χ0) is 19.1. The van der Waals surface area contributed by atoms with Crippen molar-refractivity contribution in [3.63, 3.8) is 0 Å². The molecule has 0 aromatic heterocycles. The summed E-state index contributed by atoms with van der Waals surface area (Å²) in [6.07, 6.45) is 0.585. The smallest absolute Gasteiger partial charge is 0.243 e. The molecule has 10 heteroatoms. The summed E-state index contributed by atoms with van der Waals surface area (Å²) in [4.78, 5) is 24.6. The van der Waals surface area contributed by atoms with Crippen LogP contribution in [0, 0.1) is 0 Å². The Labute approximate surface area is 152 Å². The van der Waals surface area contributed by atoms with E-state index >= 15 is 0 Å². The number of imide groups is 1. The van der Waals surface area contributed by atoms with Crippen molar-refractivity contribution in [1.82, 2.24) is 4.31 Å². The van der Waals surface area contributed by atoms with Crippen molar-refractivity contribution in [1.29, 1.82) is 0 Å². The Bertz CT molecular complexity index is 921. The molecule has 2 amide bonds. The van der Waals surface area contributed by atoms with Crippen molar-refractivity contribution in [2.45, 2.75) is 37.1 Å². The number of benzene rings is 1. The molecule has 1 unspecified atom stereocenters. The van der Waals surface area contributed by atoms with Gasteiger partial charge in [-0.05, 0) is 30.7 Å². The number of amides is 2. The number of sulfonamides is 1. The summed E-state index contributed by atoms with van der Waals surface area (Å²) in [5.74, 6) is -0.801. The van der Waals surface area contributed by atoms with Crippen molar-refractivity contribution in [3.05, 3.63) is 24.3 Å². The highest BCUT2D eigenvalue weighted by molar-refractivity contribution is 7.92. The predicted molar refractivity (Wildman–Crippen MR) is 94.8 cm³/mol. The van der Waals surface area contributed by atoms with E-state index in [1.807, 2.05) is 0 Å². The van der Waals surface area contributed by atoms with Gasteiger partial charge in [0.15, 0.2) is 9.84 Å². The zero-order valence-corrected chi connectivity index (χ0v) is 15.9. The summed E-state index contributed by atoms with van der Waals surface area (Å²) in [5.41, 5.74) is 0.336. The van der Waals surface area contributed by atoms with Gasteiger partial charge >= 0.3 is 0 Å². The summed E-state index contributed by atoms with van der Waals surface area (Å²) in [6, 6.07) is 4.96. The van der Waals surface area contributed by atoms with Gasteiger partial charge in [0.25, 0.3) is 0 Å². The Morgan fingerprint density at radius 3 is 2.15 bits per heavy atom. The zero-order valence-electron chi connectivity index (χ0n) is 14.3. The normalized spacial score (nSPS) is 23.2. The van der Waals surface area contributed by atoms with Crippen LogP contribution in [0.1, 0.15) is 26.2 Å². The van der Waals surface area contributed by atoms with E-state index in [2.05, 4.69) is 0 Å². The molecule has 0 radical (unpaired) electrons. The first-order chi connectivity index (χ1) is 12.2. The van der Waals surface area contributed by atoms with E-state index in [0.29, 0.717) is 5.69 Å². The maximum absolute atomic E-state index is 12.9. The molecule has 1 aromatic carbocycles. The first-order valence-electron chi connectivity index (χ1n) is 8.34. The summed E-state index contributed by atoms with van der Waals surface area (Å²) in [7, 11) is -7.08. The van der Waals surface area contributed by atoms with Crippen molar-refractivity contribution in [2.24, 2.45) is 0 Å². The van der Waals surface area contributed by atoms with Crippen LogP contribution < -0.4 is 4.90 Å². The lowest BCUT2D eigenvalue weighted by atomic mass is 10.3. The molecule has 2 heterocycles. The van der Waals surface area contributed by atoms with Gasteiger partial charge in [0.05, 0.1) is 22.1 Å². The average molecular weight is 400 g/mol. The molecule has 2 aliphatic rings. The number of hydrogen-bond donors (Lipinski definition) is 0. The molecule has 0 saturated carbocycles. The third-order valence-electron chi connectivity index (χ3n) is 4.68. The fourth-order valence-corrected chi connectivity index (χ4v) is 6.88. The molecule has 2 aliphatic heterocycles. The first kappa shape index (κ1) is 19.0. The van der Waals surface area contributed by atoms with Gasteiger partial charge in [-0.15, -0.1) is 0 Å². The van der Waals surface area contributed by atoms with Crippen molar-refractivity contribution in [3.8, 4) is 0 Å². The van der Waals surface area contributed by atoms with Gasteiger partial charge in [0, 0.05) is 25.4 Å². The van der Waals surface area contributed by atoms with Crippen LogP contribution >= 0.6 is 0 Å². The Morgan fingerprint density at radius 2 is 1.69 bits per heavy atom. The summed E-state index contributed by atoms with van der Waals surface area (Å²) in [5, 5.41) is 0. The van der Waals surface area contributed by atoms with Gasteiger partial charge in [-0.3, -0.25) is 14.5 Å². The van der Waals surface area contributed by atoms with Gasteiger partial charge in [-0.2, -0.15) is 4.31 Å². The quantitative estimate of drug-likeness (QED) is 0.667. The number of carbonyl (C=O) groups is 2. The highest BCUT2D eigenvalue weighted by atomic mass is 32.2. The number of sulfone groups is 1. The molecule has 0 spiro atoms. The molecule has 0 bridgehead atoms. The van der Waals surface area contributed by atoms with Gasteiger partial charge in [0.2, 0.25) is 21.8 Å². The average Bonchev–Trinajstić information content (AvgIpc) is 3.10. The van der Waals surface area contributed by atoms with Crippen LogP contribution in [0.15, 0.2) is 29.2 Å². The van der Waals surface area contributed by atoms with Crippen LogP contribution in [0.4, 0.5) is 5.69 Å². The monoisotopic (exact) mass is 400 g/mol. The van der Waals surface area contributed by atoms with Crippen molar-refractivity contribution in [2.75, 3.05) is 23.0 Å². The van der Waals surface area contributed by atoms with Crippen LogP contribution in [0.5, 0.6) is 0 Å². The number of anilines is 1. The van der Waals surface area contributed by atoms with Gasteiger partial charge in [0.1, 0.15) is 0 Å². The van der Waals surface area contributed by atoms with Crippen molar-refractivity contribution >= 4 is 37.4 Å². The van der Waals surface area contributed by atoms with Gasteiger partial charge in [-0.1, -0.05) is 6.92 Å². The number of hydrogen-bond acceptors (Lipinski definition) is 6. The van der Waals surface area contributed by atoms with Crippen LogP contribution in [0.2, 0.25) is 0 Å². The van der Waals surface area contributed by atoms with E-state index in [-0.39, 0.29) is 54.0 Å².